The molecule has 0 spiro atoms. The highest BCUT2D eigenvalue weighted by Crippen LogP contribution is 2.31. The van der Waals surface area contributed by atoms with Gasteiger partial charge in [-0.05, 0) is 24.3 Å². The van der Waals surface area contributed by atoms with Gasteiger partial charge in [-0.1, -0.05) is 47.5 Å². The summed E-state index contributed by atoms with van der Waals surface area (Å²) in [5.41, 5.74) is 0.983. The molecule has 0 saturated heterocycles. The quantitative estimate of drug-likeness (QED) is 0.659. The summed E-state index contributed by atoms with van der Waals surface area (Å²) >= 11 is 12.3. The normalized spacial score (nSPS) is 9.85. The largest absolute Gasteiger partial charge is 0.336 e. The number of aromatic nitrogens is 2. The second kappa shape index (κ2) is 7.71. The molecule has 2 N–H and O–H groups in total. The van der Waals surface area contributed by atoms with E-state index in [0.29, 0.717) is 21.4 Å². The highest BCUT2D eigenvalue weighted by molar-refractivity contribution is 6.33. The topological polar surface area (TPSA) is 97.4 Å². The van der Waals surface area contributed by atoms with Crippen molar-refractivity contribution in [3.05, 3.63) is 70.0 Å². The first kappa shape index (κ1) is 17.5. The lowest BCUT2D eigenvalue weighted by Crippen LogP contribution is -2.07. The van der Waals surface area contributed by atoms with E-state index in [9.17, 15) is 10.5 Å². The van der Waals surface area contributed by atoms with Crippen LogP contribution in [0.4, 0.5) is 23.0 Å². The smallest absolute Gasteiger partial charge is 0.179 e. The van der Waals surface area contributed by atoms with Crippen LogP contribution in [0.5, 0.6) is 0 Å². The molecule has 0 aliphatic carbocycles. The minimum atomic E-state index is -0.0910. The van der Waals surface area contributed by atoms with Crippen LogP contribution in [0.25, 0.3) is 0 Å². The van der Waals surface area contributed by atoms with E-state index >= 15 is 0 Å². The molecule has 1 aromatic heterocycles. The molecule has 0 aliphatic heterocycles. The van der Waals surface area contributed by atoms with Crippen LogP contribution >= 0.6 is 23.2 Å². The molecule has 0 saturated carbocycles. The van der Waals surface area contributed by atoms with Crippen molar-refractivity contribution in [1.82, 2.24) is 9.97 Å². The summed E-state index contributed by atoms with van der Waals surface area (Å²) in [4.78, 5) is 8.41. The molecule has 0 aliphatic rings. The van der Waals surface area contributed by atoms with Crippen LogP contribution in [-0.4, -0.2) is 9.97 Å². The Labute approximate surface area is 159 Å². The molecule has 8 heteroatoms. The average molecular weight is 381 g/mol. The van der Waals surface area contributed by atoms with Crippen LogP contribution in [-0.2, 0) is 0 Å². The molecule has 0 unspecified atom stereocenters. The van der Waals surface area contributed by atoms with Crippen molar-refractivity contribution < 1.29 is 0 Å². The molecule has 0 amide bonds. The molecule has 0 atom stereocenters. The van der Waals surface area contributed by atoms with Crippen molar-refractivity contribution in [3.63, 3.8) is 0 Å². The van der Waals surface area contributed by atoms with Crippen LogP contribution in [0.3, 0.4) is 0 Å². The standard InChI is InChI=1S/C18H10Cl2N6/c19-11-5-1-3-7-13(11)23-17-18(24-14-8-4-2-6-12(14)20)26-16(10-22)15(9-21)25-17/h1-8H,(H,23,25)(H,24,26). The third-order valence-corrected chi connectivity index (χ3v) is 4.02. The number of benzene rings is 2. The van der Waals surface area contributed by atoms with Gasteiger partial charge in [-0.25, -0.2) is 9.97 Å². The second-order valence-electron chi connectivity index (χ2n) is 5.05. The van der Waals surface area contributed by atoms with Crippen molar-refractivity contribution >= 4 is 46.2 Å². The summed E-state index contributed by atoms with van der Waals surface area (Å²) < 4.78 is 0. The Balaban J connectivity index is 2.09. The Morgan fingerprint density at radius 3 is 1.42 bits per heavy atom. The van der Waals surface area contributed by atoms with Gasteiger partial charge in [0.25, 0.3) is 0 Å². The fourth-order valence-corrected chi connectivity index (χ4v) is 2.51. The molecular weight excluding hydrogens is 371 g/mol. The van der Waals surface area contributed by atoms with Crippen molar-refractivity contribution in [3.8, 4) is 12.1 Å². The Morgan fingerprint density at radius 1 is 0.692 bits per heavy atom. The molecular formula is C18H10Cl2N6. The van der Waals surface area contributed by atoms with Gasteiger partial charge in [0.1, 0.15) is 12.1 Å². The Bertz CT molecular complexity index is 968. The van der Waals surface area contributed by atoms with Gasteiger partial charge in [0.2, 0.25) is 0 Å². The molecule has 2 aromatic carbocycles. The van der Waals surface area contributed by atoms with E-state index in [0.717, 1.165) is 0 Å². The maximum absolute atomic E-state index is 9.22. The molecule has 0 bridgehead atoms. The molecule has 126 valence electrons. The first-order valence-electron chi connectivity index (χ1n) is 7.37. The summed E-state index contributed by atoms with van der Waals surface area (Å²) in [5, 5.41) is 25.5. The summed E-state index contributed by atoms with van der Waals surface area (Å²) in [7, 11) is 0. The molecule has 6 nitrogen and oxygen atoms in total. The number of halogens is 2. The Hall–Kier alpha value is -3.32. The second-order valence-corrected chi connectivity index (χ2v) is 5.87. The predicted octanol–water partition coefficient (Wildman–Crippen LogP) is 5.01. The number of nitrogens with zero attached hydrogens (tertiary/aromatic N) is 4. The highest BCUT2D eigenvalue weighted by atomic mass is 35.5. The van der Waals surface area contributed by atoms with Gasteiger partial charge >= 0.3 is 0 Å². The number of nitrogens with one attached hydrogen (secondary N) is 2. The number of hydrogen-bond acceptors (Lipinski definition) is 6. The van der Waals surface area contributed by atoms with Gasteiger partial charge in [-0.3, -0.25) is 0 Å². The first-order chi connectivity index (χ1) is 12.6. The third kappa shape index (κ3) is 3.68. The van der Waals surface area contributed by atoms with E-state index in [1.54, 1.807) is 48.5 Å². The molecule has 3 rings (SSSR count). The monoisotopic (exact) mass is 380 g/mol. The minimum Gasteiger partial charge on any atom is -0.336 e. The fraction of sp³-hybridized carbons (Fsp3) is 0. The van der Waals surface area contributed by atoms with Crippen LogP contribution < -0.4 is 10.6 Å². The van der Waals surface area contributed by atoms with Gasteiger partial charge in [-0.15, -0.1) is 0 Å². The lowest BCUT2D eigenvalue weighted by Gasteiger charge is -2.14. The molecule has 0 radical (unpaired) electrons. The van der Waals surface area contributed by atoms with E-state index in [1.807, 2.05) is 12.1 Å². The lowest BCUT2D eigenvalue weighted by molar-refractivity contribution is 1.13. The van der Waals surface area contributed by atoms with Crippen LogP contribution in [0.15, 0.2) is 48.5 Å². The number of rotatable bonds is 4. The molecule has 3 aromatic rings. The number of para-hydroxylation sites is 2. The van der Waals surface area contributed by atoms with Crippen molar-refractivity contribution in [2.75, 3.05) is 10.6 Å². The van der Waals surface area contributed by atoms with Crippen molar-refractivity contribution in [2.24, 2.45) is 0 Å². The van der Waals surface area contributed by atoms with E-state index in [-0.39, 0.29) is 23.0 Å². The predicted molar refractivity (Wildman–Crippen MR) is 101 cm³/mol. The van der Waals surface area contributed by atoms with E-state index in [4.69, 9.17) is 23.2 Å². The summed E-state index contributed by atoms with van der Waals surface area (Å²) in [6, 6.07) is 17.9. The van der Waals surface area contributed by atoms with Gasteiger partial charge in [0.15, 0.2) is 23.0 Å². The fourth-order valence-electron chi connectivity index (χ4n) is 2.15. The summed E-state index contributed by atoms with van der Waals surface area (Å²) in [6.07, 6.45) is 0. The zero-order valence-electron chi connectivity index (χ0n) is 13.2. The maximum Gasteiger partial charge on any atom is 0.179 e. The number of hydrogen-bond donors (Lipinski definition) is 2. The van der Waals surface area contributed by atoms with E-state index in [2.05, 4.69) is 20.6 Å². The van der Waals surface area contributed by atoms with Gasteiger partial charge in [0, 0.05) is 0 Å². The zero-order chi connectivity index (χ0) is 18.5. The van der Waals surface area contributed by atoms with Gasteiger partial charge < -0.3 is 10.6 Å². The van der Waals surface area contributed by atoms with E-state index < -0.39 is 0 Å². The van der Waals surface area contributed by atoms with E-state index in [1.165, 1.54) is 0 Å². The average Bonchev–Trinajstić information content (AvgIpc) is 2.66. The molecule has 26 heavy (non-hydrogen) atoms. The van der Waals surface area contributed by atoms with Gasteiger partial charge in [-0.2, -0.15) is 10.5 Å². The van der Waals surface area contributed by atoms with Crippen LogP contribution in [0, 0.1) is 22.7 Å². The third-order valence-electron chi connectivity index (χ3n) is 3.36. The number of anilines is 4. The zero-order valence-corrected chi connectivity index (χ0v) is 14.7. The summed E-state index contributed by atoms with van der Waals surface area (Å²) in [5.74, 6) is 0.488. The Morgan fingerprint density at radius 2 is 1.08 bits per heavy atom. The Kier molecular flexibility index (Phi) is 5.19. The molecule has 1 heterocycles. The lowest BCUT2D eigenvalue weighted by atomic mass is 10.3. The maximum atomic E-state index is 9.22. The highest BCUT2D eigenvalue weighted by Gasteiger charge is 2.16. The van der Waals surface area contributed by atoms with Crippen molar-refractivity contribution in [2.45, 2.75) is 0 Å². The van der Waals surface area contributed by atoms with Crippen molar-refractivity contribution in [1.29, 1.82) is 10.5 Å². The van der Waals surface area contributed by atoms with Crippen LogP contribution in [0.2, 0.25) is 10.0 Å². The summed E-state index contributed by atoms with van der Waals surface area (Å²) in [6.45, 7) is 0. The van der Waals surface area contributed by atoms with Crippen LogP contribution in [0.1, 0.15) is 11.4 Å². The first-order valence-corrected chi connectivity index (χ1v) is 8.13. The molecule has 0 fully saturated rings. The number of nitriles is 2. The van der Waals surface area contributed by atoms with Gasteiger partial charge in [0.05, 0.1) is 21.4 Å². The minimum absolute atomic E-state index is 0.0910. The SMILES string of the molecule is N#Cc1nc(Nc2ccccc2Cl)c(Nc2ccccc2Cl)nc1C#N.